The molecule has 0 aromatic carbocycles. The van der Waals surface area contributed by atoms with E-state index >= 15 is 0 Å². The number of hydrogen-bond donors (Lipinski definition) is 2. The first-order valence-corrected chi connectivity index (χ1v) is 9.91. The number of aromatic nitrogens is 3. The van der Waals surface area contributed by atoms with Crippen LogP contribution in [0.2, 0.25) is 0 Å². The van der Waals surface area contributed by atoms with Crippen molar-refractivity contribution in [2.75, 3.05) is 18.5 Å². The summed E-state index contributed by atoms with van der Waals surface area (Å²) in [5.74, 6) is -0.898. The molecule has 1 aliphatic carbocycles. The van der Waals surface area contributed by atoms with Crippen molar-refractivity contribution in [1.29, 1.82) is 0 Å². The fourth-order valence-corrected chi connectivity index (χ4v) is 2.65. The normalized spacial score (nSPS) is 13.4. The number of nitrogens with zero attached hydrogens (tertiary/aromatic N) is 3. The molecule has 2 aromatic rings. The second kappa shape index (κ2) is 9.79. The Morgan fingerprint density at radius 2 is 1.91 bits per heavy atom. The van der Waals surface area contributed by atoms with Gasteiger partial charge in [0.25, 0.3) is 5.91 Å². The van der Waals surface area contributed by atoms with Crippen LogP contribution in [0.15, 0.2) is 18.2 Å². The predicted molar refractivity (Wildman–Crippen MR) is 106 cm³/mol. The number of pyridine rings is 1. The Hall–Kier alpha value is -3.44. The highest BCUT2D eigenvalue weighted by molar-refractivity contribution is 5.95. The van der Waals surface area contributed by atoms with Gasteiger partial charge in [-0.25, -0.2) is 9.97 Å². The fourth-order valence-electron chi connectivity index (χ4n) is 2.65. The van der Waals surface area contributed by atoms with Gasteiger partial charge in [-0.05, 0) is 38.8 Å². The third-order valence-corrected chi connectivity index (χ3v) is 4.29. The molecule has 1 aliphatic rings. The van der Waals surface area contributed by atoms with Crippen molar-refractivity contribution >= 4 is 17.8 Å². The molecule has 0 aliphatic heterocycles. The highest BCUT2D eigenvalue weighted by Crippen LogP contribution is 2.29. The van der Waals surface area contributed by atoms with Crippen molar-refractivity contribution < 1.29 is 32.2 Å². The predicted octanol–water partition coefficient (Wildman–Crippen LogP) is 2.80. The van der Waals surface area contributed by atoms with Crippen molar-refractivity contribution in [3.63, 3.8) is 0 Å². The van der Waals surface area contributed by atoms with E-state index in [-0.39, 0.29) is 48.4 Å². The number of carbonyl (C=O) groups excluding carboxylic acids is 2. The fraction of sp³-hybridized carbons (Fsp3) is 0.450. The number of anilines is 1. The summed E-state index contributed by atoms with van der Waals surface area (Å²) in [7, 11) is 0. The van der Waals surface area contributed by atoms with Crippen LogP contribution in [0.1, 0.15) is 41.5 Å². The zero-order valence-corrected chi connectivity index (χ0v) is 17.5. The van der Waals surface area contributed by atoms with Gasteiger partial charge in [-0.15, -0.1) is 0 Å². The molecule has 12 heteroatoms. The van der Waals surface area contributed by atoms with Gasteiger partial charge in [0, 0.05) is 29.8 Å². The highest BCUT2D eigenvalue weighted by Gasteiger charge is 2.30. The van der Waals surface area contributed by atoms with Crippen LogP contribution in [0.25, 0.3) is 0 Å². The van der Waals surface area contributed by atoms with Crippen LogP contribution in [-0.2, 0) is 11.3 Å². The molecule has 172 valence electrons. The summed E-state index contributed by atoms with van der Waals surface area (Å²) in [5, 5.41) is 5.25. The maximum absolute atomic E-state index is 12.6. The first kappa shape index (κ1) is 23.2. The second-order valence-corrected chi connectivity index (χ2v) is 7.12. The summed E-state index contributed by atoms with van der Waals surface area (Å²) >= 11 is 0. The molecule has 0 atom stereocenters. The molecule has 2 amide bonds. The van der Waals surface area contributed by atoms with E-state index in [1.54, 1.807) is 13.8 Å². The van der Waals surface area contributed by atoms with Crippen molar-refractivity contribution in [3.8, 4) is 11.8 Å². The van der Waals surface area contributed by atoms with E-state index in [1.807, 2.05) is 0 Å². The van der Waals surface area contributed by atoms with Crippen LogP contribution in [0, 0.1) is 12.8 Å². The number of nitrogens with one attached hydrogen (secondary N) is 2. The first-order chi connectivity index (χ1) is 15.1. The molecule has 0 radical (unpaired) electrons. The molecule has 1 fully saturated rings. The Bertz CT molecular complexity index is 996. The number of halogens is 3. The summed E-state index contributed by atoms with van der Waals surface area (Å²) in [6.45, 7) is 2.07. The molecule has 0 saturated heterocycles. The number of hydrogen-bond acceptors (Lipinski definition) is 7. The molecule has 0 spiro atoms. The summed E-state index contributed by atoms with van der Waals surface area (Å²) < 4.78 is 47.0. The third-order valence-electron chi connectivity index (χ3n) is 4.29. The maximum atomic E-state index is 12.6. The van der Waals surface area contributed by atoms with Crippen LogP contribution in [0.5, 0.6) is 11.8 Å². The van der Waals surface area contributed by atoms with Gasteiger partial charge in [0.2, 0.25) is 23.6 Å². The molecular formula is C20H22F3N5O4. The number of rotatable bonds is 9. The van der Waals surface area contributed by atoms with Gasteiger partial charge in [0.15, 0.2) is 6.61 Å². The number of aryl methyl sites for hydroxylation is 1. The molecule has 9 nitrogen and oxygen atoms in total. The summed E-state index contributed by atoms with van der Waals surface area (Å²) in [6, 6.07) is 4.19. The number of ether oxygens (including phenoxy) is 2. The second-order valence-electron chi connectivity index (χ2n) is 7.12. The smallest absolute Gasteiger partial charge is 0.422 e. The van der Waals surface area contributed by atoms with Gasteiger partial charge < -0.3 is 14.8 Å². The third kappa shape index (κ3) is 6.79. The molecular weight excluding hydrogens is 431 g/mol. The molecule has 2 aromatic heterocycles. The van der Waals surface area contributed by atoms with Crippen molar-refractivity contribution in [2.24, 2.45) is 5.92 Å². The van der Waals surface area contributed by atoms with Gasteiger partial charge in [0.1, 0.15) is 5.69 Å². The topological polar surface area (TPSA) is 115 Å². The van der Waals surface area contributed by atoms with Gasteiger partial charge in [-0.2, -0.15) is 18.2 Å². The Kier molecular flexibility index (Phi) is 7.11. The van der Waals surface area contributed by atoms with Crippen LogP contribution in [0.4, 0.5) is 19.1 Å². The Morgan fingerprint density at radius 3 is 2.56 bits per heavy atom. The average molecular weight is 453 g/mol. The zero-order chi connectivity index (χ0) is 23.3. The van der Waals surface area contributed by atoms with E-state index in [0.717, 1.165) is 12.8 Å². The van der Waals surface area contributed by atoms with Crippen molar-refractivity contribution in [3.05, 3.63) is 35.2 Å². The van der Waals surface area contributed by atoms with Gasteiger partial charge in [-0.1, -0.05) is 0 Å². The molecule has 32 heavy (non-hydrogen) atoms. The first-order valence-electron chi connectivity index (χ1n) is 9.91. The molecule has 2 N–H and O–H groups in total. The maximum Gasteiger partial charge on any atom is 0.422 e. The van der Waals surface area contributed by atoms with E-state index in [1.165, 1.54) is 18.2 Å². The lowest BCUT2D eigenvalue weighted by atomic mass is 10.2. The van der Waals surface area contributed by atoms with E-state index < -0.39 is 18.7 Å². The molecule has 0 unspecified atom stereocenters. The minimum absolute atomic E-state index is 0.0203. The minimum atomic E-state index is -4.49. The Morgan fingerprint density at radius 1 is 1.16 bits per heavy atom. The Labute approximate surface area is 181 Å². The van der Waals surface area contributed by atoms with Crippen molar-refractivity contribution in [2.45, 2.75) is 39.4 Å². The van der Waals surface area contributed by atoms with E-state index in [9.17, 15) is 22.8 Å². The highest BCUT2D eigenvalue weighted by atomic mass is 19.4. The monoisotopic (exact) mass is 453 g/mol. The van der Waals surface area contributed by atoms with Gasteiger partial charge in [0.05, 0.1) is 6.61 Å². The van der Waals surface area contributed by atoms with E-state index in [4.69, 9.17) is 4.74 Å². The number of amides is 2. The average Bonchev–Trinajstić information content (AvgIpc) is 3.56. The SMILES string of the molecule is CCOc1nc(OCC(F)(F)F)ccc1CNC(=O)c1cc(C)nc(NC(=O)C2CC2)n1. The molecule has 2 heterocycles. The molecule has 0 bridgehead atoms. The number of carbonyl (C=O) groups is 2. The van der Waals surface area contributed by atoms with E-state index in [0.29, 0.717) is 11.3 Å². The Balaban J connectivity index is 1.66. The zero-order valence-electron chi connectivity index (χ0n) is 17.5. The number of alkyl halides is 3. The largest absolute Gasteiger partial charge is 0.478 e. The van der Waals surface area contributed by atoms with Gasteiger partial charge in [-0.3, -0.25) is 14.9 Å². The lowest BCUT2D eigenvalue weighted by molar-refractivity contribution is -0.154. The van der Waals surface area contributed by atoms with E-state index in [2.05, 4.69) is 30.3 Å². The quantitative estimate of drug-likeness (QED) is 0.600. The van der Waals surface area contributed by atoms with Crippen LogP contribution in [0.3, 0.4) is 0 Å². The summed E-state index contributed by atoms with van der Waals surface area (Å²) in [6.07, 6.45) is -2.85. The summed E-state index contributed by atoms with van der Waals surface area (Å²) in [4.78, 5) is 36.6. The van der Waals surface area contributed by atoms with Crippen LogP contribution in [-0.4, -0.2) is 46.2 Å². The summed E-state index contributed by atoms with van der Waals surface area (Å²) in [5.41, 5.74) is 0.992. The minimum Gasteiger partial charge on any atom is -0.478 e. The standard InChI is InChI=1S/C20H22F3N5O4/c1-3-31-18-13(6-7-15(27-18)32-10-20(21,22)23)9-24-17(30)14-8-11(2)25-19(26-14)28-16(29)12-4-5-12/h6-8,12H,3-5,9-10H2,1-2H3,(H,24,30)(H,25,26,28,29). The lowest BCUT2D eigenvalue weighted by Gasteiger charge is -2.13. The lowest BCUT2D eigenvalue weighted by Crippen LogP contribution is -2.26. The molecule has 3 rings (SSSR count). The van der Waals surface area contributed by atoms with Crippen LogP contribution >= 0.6 is 0 Å². The van der Waals surface area contributed by atoms with Gasteiger partial charge >= 0.3 is 6.18 Å². The van der Waals surface area contributed by atoms with Crippen molar-refractivity contribution in [1.82, 2.24) is 20.3 Å². The van der Waals surface area contributed by atoms with Crippen LogP contribution < -0.4 is 20.1 Å². The molecule has 1 saturated carbocycles.